The van der Waals surface area contributed by atoms with Crippen molar-refractivity contribution in [1.82, 2.24) is 4.98 Å². The minimum absolute atomic E-state index is 0.205. The molecule has 1 N–H and O–H groups in total. The summed E-state index contributed by atoms with van der Waals surface area (Å²) < 4.78 is 22.1. The van der Waals surface area contributed by atoms with Gasteiger partial charge in [-0.05, 0) is 48.9 Å². The maximum absolute atomic E-state index is 12.1. The predicted molar refractivity (Wildman–Crippen MR) is 126 cm³/mol. The Balaban J connectivity index is 1.41. The Morgan fingerprint density at radius 2 is 1.58 bits per heavy atom. The van der Waals surface area contributed by atoms with E-state index < -0.39 is 6.09 Å². The largest absolute Gasteiger partial charge is 0.493 e. The van der Waals surface area contributed by atoms with Gasteiger partial charge >= 0.3 is 6.09 Å². The monoisotopic (exact) mass is 444 g/mol. The minimum atomic E-state index is -0.523. The molecule has 0 saturated heterocycles. The van der Waals surface area contributed by atoms with E-state index in [1.165, 1.54) is 0 Å². The summed E-state index contributed by atoms with van der Waals surface area (Å²) in [6, 6.07) is 20.3. The number of anilines is 1. The number of fused-ring (bicyclic) bond motifs is 1. The number of aryl methyl sites for hydroxylation is 1. The number of rotatable bonds is 7. The van der Waals surface area contributed by atoms with Crippen LogP contribution in [0.1, 0.15) is 11.1 Å². The van der Waals surface area contributed by atoms with E-state index in [1.54, 1.807) is 56.8 Å². The van der Waals surface area contributed by atoms with Gasteiger partial charge in [0.25, 0.3) is 0 Å². The minimum Gasteiger partial charge on any atom is -0.493 e. The van der Waals surface area contributed by atoms with Crippen molar-refractivity contribution in [3.63, 3.8) is 0 Å². The summed E-state index contributed by atoms with van der Waals surface area (Å²) in [5, 5.41) is 3.50. The van der Waals surface area contributed by atoms with E-state index in [4.69, 9.17) is 18.9 Å². The standard InChI is InChI=1S/C26H24N2O5/c1-17-4-6-18(7-5-17)16-32-26(29)28-19-8-10-20(11-9-19)33-23-12-13-27-22-15-25(31-3)24(30-2)14-21(22)23/h4-15H,16H2,1-3H3,(H,28,29). The van der Waals surface area contributed by atoms with Crippen molar-refractivity contribution in [2.24, 2.45) is 0 Å². The van der Waals surface area contributed by atoms with Crippen molar-refractivity contribution >= 4 is 22.7 Å². The molecule has 0 aliphatic rings. The number of pyridine rings is 1. The van der Waals surface area contributed by atoms with E-state index in [0.717, 1.165) is 22.0 Å². The van der Waals surface area contributed by atoms with Gasteiger partial charge in [-0.25, -0.2) is 4.79 Å². The second-order valence-corrected chi connectivity index (χ2v) is 7.35. The first-order valence-electron chi connectivity index (χ1n) is 10.3. The van der Waals surface area contributed by atoms with Gasteiger partial charge in [0.15, 0.2) is 11.5 Å². The van der Waals surface area contributed by atoms with Crippen LogP contribution in [-0.4, -0.2) is 25.3 Å². The Morgan fingerprint density at radius 3 is 2.27 bits per heavy atom. The average Bonchev–Trinajstić information content (AvgIpc) is 2.84. The molecule has 1 aromatic heterocycles. The van der Waals surface area contributed by atoms with E-state index in [1.807, 2.05) is 37.3 Å². The van der Waals surface area contributed by atoms with Gasteiger partial charge in [-0.3, -0.25) is 10.3 Å². The van der Waals surface area contributed by atoms with Crippen LogP contribution in [0.5, 0.6) is 23.0 Å². The maximum atomic E-state index is 12.1. The smallest absolute Gasteiger partial charge is 0.411 e. The lowest BCUT2D eigenvalue weighted by atomic mass is 10.2. The second kappa shape index (κ2) is 9.91. The van der Waals surface area contributed by atoms with E-state index in [-0.39, 0.29) is 6.61 Å². The first-order chi connectivity index (χ1) is 16.1. The molecule has 0 bridgehead atoms. The maximum Gasteiger partial charge on any atom is 0.411 e. The molecule has 0 saturated carbocycles. The van der Waals surface area contributed by atoms with Gasteiger partial charge < -0.3 is 18.9 Å². The van der Waals surface area contributed by atoms with Crippen LogP contribution in [0, 0.1) is 6.92 Å². The number of nitrogens with one attached hydrogen (secondary N) is 1. The van der Waals surface area contributed by atoms with Gasteiger partial charge in [-0.1, -0.05) is 29.8 Å². The normalized spacial score (nSPS) is 10.5. The zero-order valence-corrected chi connectivity index (χ0v) is 18.6. The number of ether oxygens (including phenoxy) is 4. The van der Waals surface area contributed by atoms with Crippen molar-refractivity contribution in [2.45, 2.75) is 13.5 Å². The van der Waals surface area contributed by atoms with Crippen LogP contribution in [-0.2, 0) is 11.3 Å². The number of methoxy groups -OCH3 is 2. The highest BCUT2D eigenvalue weighted by Crippen LogP contribution is 2.36. The molecular formula is C26H24N2O5. The summed E-state index contributed by atoms with van der Waals surface area (Å²) in [6.45, 7) is 2.21. The van der Waals surface area contributed by atoms with E-state index in [2.05, 4.69) is 10.3 Å². The van der Waals surface area contributed by atoms with Crippen molar-refractivity contribution in [2.75, 3.05) is 19.5 Å². The van der Waals surface area contributed by atoms with Crippen LogP contribution in [0.3, 0.4) is 0 Å². The number of aromatic nitrogens is 1. The molecule has 0 spiro atoms. The number of nitrogens with zero attached hydrogens (tertiary/aromatic N) is 1. The van der Waals surface area contributed by atoms with Crippen LogP contribution < -0.4 is 19.5 Å². The molecular weight excluding hydrogens is 420 g/mol. The van der Waals surface area contributed by atoms with Crippen LogP contribution in [0.15, 0.2) is 72.9 Å². The Hall–Kier alpha value is -4.26. The number of carbonyl (C=O) groups excluding carboxylic acids is 1. The quantitative estimate of drug-likeness (QED) is 0.371. The molecule has 1 heterocycles. The molecule has 4 aromatic rings. The second-order valence-electron chi connectivity index (χ2n) is 7.35. The molecule has 0 aliphatic heterocycles. The van der Waals surface area contributed by atoms with Crippen molar-refractivity contribution in [3.05, 3.63) is 84.1 Å². The molecule has 7 heteroatoms. The lowest BCUT2D eigenvalue weighted by Crippen LogP contribution is -2.13. The highest BCUT2D eigenvalue weighted by atomic mass is 16.5. The van der Waals surface area contributed by atoms with Crippen molar-refractivity contribution in [1.29, 1.82) is 0 Å². The topological polar surface area (TPSA) is 78.9 Å². The number of hydrogen-bond acceptors (Lipinski definition) is 6. The Morgan fingerprint density at radius 1 is 0.879 bits per heavy atom. The van der Waals surface area contributed by atoms with Gasteiger partial charge in [-0.15, -0.1) is 0 Å². The molecule has 33 heavy (non-hydrogen) atoms. The van der Waals surface area contributed by atoms with Gasteiger partial charge in [0, 0.05) is 23.3 Å². The predicted octanol–water partition coefficient (Wildman–Crippen LogP) is 6.10. The summed E-state index contributed by atoms with van der Waals surface area (Å²) in [7, 11) is 3.16. The van der Waals surface area contributed by atoms with Crippen LogP contribution in [0.4, 0.5) is 10.5 Å². The third-order valence-electron chi connectivity index (χ3n) is 5.03. The molecule has 168 valence electrons. The Labute approximate surface area is 191 Å². The van der Waals surface area contributed by atoms with Crippen molar-refractivity contribution < 1.29 is 23.7 Å². The van der Waals surface area contributed by atoms with Gasteiger partial charge in [-0.2, -0.15) is 0 Å². The third kappa shape index (κ3) is 5.33. The molecule has 7 nitrogen and oxygen atoms in total. The summed E-state index contributed by atoms with van der Waals surface area (Å²) in [5.41, 5.74) is 3.41. The molecule has 3 aromatic carbocycles. The first-order valence-corrected chi connectivity index (χ1v) is 10.3. The van der Waals surface area contributed by atoms with E-state index in [9.17, 15) is 4.79 Å². The summed E-state index contributed by atoms with van der Waals surface area (Å²) in [4.78, 5) is 16.5. The molecule has 0 atom stereocenters. The van der Waals surface area contributed by atoms with E-state index in [0.29, 0.717) is 28.7 Å². The lowest BCUT2D eigenvalue weighted by molar-refractivity contribution is 0.155. The molecule has 0 fully saturated rings. The van der Waals surface area contributed by atoms with Crippen molar-refractivity contribution in [3.8, 4) is 23.0 Å². The lowest BCUT2D eigenvalue weighted by Gasteiger charge is -2.13. The summed E-state index contributed by atoms with van der Waals surface area (Å²) >= 11 is 0. The zero-order chi connectivity index (χ0) is 23.2. The van der Waals surface area contributed by atoms with Crippen LogP contribution >= 0.6 is 0 Å². The fourth-order valence-electron chi connectivity index (χ4n) is 3.26. The fraction of sp³-hybridized carbons (Fsp3) is 0.154. The Bertz CT molecular complexity index is 1250. The number of hydrogen-bond donors (Lipinski definition) is 1. The Kier molecular flexibility index (Phi) is 6.59. The molecule has 0 radical (unpaired) electrons. The summed E-state index contributed by atoms with van der Waals surface area (Å²) in [6.07, 6.45) is 1.15. The number of amides is 1. The number of carbonyl (C=O) groups is 1. The van der Waals surface area contributed by atoms with Gasteiger partial charge in [0.2, 0.25) is 0 Å². The highest BCUT2D eigenvalue weighted by Gasteiger charge is 2.11. The number of benzene rings is 3. The van der Waals surface area contributed by atoms with Crippen LogP contribution in [0.2, 0.25) is 0 Å². The molecule has 0 unspecified atom stereocenters. The molecule has 4 rings (SSSR count). The first kappa shape index (κ1) is 22.0. The molecule has 1 amide bonds. The van der Waals surface area contributed by atoms with Crippen LogP contribution in [0.25, 0.3) is 10.9 Å². The summed E-state index contributed by atoms with van der Waals surface area (Å²) in [5.74, 6) is 2.42. The third-order valence-corrected chi connectivity index (χ3v) is 5.03. The average molecular weight is 444 g/mol. The fourth-order valence-corrected chi connectivity index (χ4v) is 3.26. The van der Waals surface area contributed by atoms with Gasteiger partial charge in [0.05, 0.1) is 19.7 Å². The highest BCUT2D eigenvalue weighted by molar-refractivity contribution is 5.88. The zero-order valence-electron chi connectivity index (χ0n) is 18.6. The van der Waals surface area contributed by atoms with E-state index >= 15 is 0 Å². The SMILES string of the molecule is COc1cc2nccc(Oc3ccc(NC(=O)OCc4ccc(C)cc4)cc3)c2cc1OC. The molecule has 0 aliphatic carbocycles. The van der Waals surface area contributed by atoms with Gasteiger partial charge in [0.1, 0.15) is 18.1 Å².